The Morgan fingerprint density at radius 2 is 1.41 bits per heavy atom. The number of carbonyl (C=O) groups excluding carboxylic acids is 4. The number of carbonyl (C=O) groups is 4. The maximum absolute atomic E-state index is 13.8. The summed E-state index contributed by atoms with van der Waals surface area (Å²) in [5, 5.41) is 55.5. The first-order valence-electron chi connectivity index (χ1n) is 29.5. The van der Waals surface area contributed by atoms with E-state index in [1.165, 1.54) is 35.0 Å². The van der Waals surface area contributed by atoms with Crippen LogP contribution in [0, 0.1) is 0 Å². The number of hydrogen-bond donors (Lipinski definition) is 10. The number of aromatic nitrogens is 6. The second-order valence-corrected chi connectivity index (χ2v) is 25.9. The van der Waals surface area contributed by atoms with Gasteiger partial charge in [-0.1, -0.05) is 46.8 Å². The fourth-order valence-electron chi connectivity index (χ4n) is 11.2. The van der Waals surface area contributed by atoms with Crippen LogP contribution in [0.25, 0.3) is 0 Å². The summed E-state index contributed by atoms with van der Waals surface area (Å²) in [6.45, 7) is 2.10. The highest BCUT2D eigenvalue weighted by Gasteiger charge is 2.56. The number of nitrogens with two attached hydrogens (primary N) is 2. The van der Waals surface area contributed by atoms with Gasteiger partial charge in [-0.2, -0.15) is 16.8 Å². The average Bonchev–Trinajstić information content (AvgIpc) is 1.34. The number of aliphatic hydroxyl groups is 3. The third-order valence-electron chi connectivity index (χ3n) is 15.8. The van der Waals surface area contributed by atoms with E-state index in [2.05, 4.69) is 36.6 Å². The Kier molecular flexibility index (Phi) is 21.7. The Balaban J connectivity index is 0.649. The molecule has 2 aromatic heterocycles. The van der Waals surface area contributed by atoms with E-state index in [0.717, 1.165) is 30.5 Å². The maximum atomic E-state index is 13.8. The van der Waals surface area contributed by atoms with Gasteiger partial charge in [0.15, 0.2) is 39.2 Å². The molecular formula is C59H75N12O19S2+. The van der Waals surface area contributed by atoms with Gasteiger partial charge in [-0.25, -0.2) is 9.48 Å². The largest absolute Gasteiger partial charge is 0.453 e. The Labute approximate surface area is 529 Å². The van der Waals surface area contributed by atoms with E-state index < -0.39 is 102 Å². The number of aliphatic hydroxyl groups excluding tert-OH is 3. The van der Waals surface area contributed by atoms with Gasteiger partial charge in [-0.05, 0) is 54.8 Å². The number of esters is 1. The molecule has 0 bridgehead atoms. The van der Waals surface area contributed by atoms with Gasteiger partial charge in [0.2, 0.25) is 5.91 Å². The topological polar surface area (TPSA) is 443 Å². The number of aryl methyl sites for hydroxylation is 2. The molecule has 33 heteroatoms. The van der Waals surface area contributed by atoms with E-state index in [9.17, 15) is 60.4 Å². The van der Waals surface area contributed by atoms with Crippen molar-refractivity contribution in [2.24, 2.45) is 0 Å². The van der Waals surface area contributed by atoms with E-state index in [0.29, 0.717) is 41.8 Å². The molecule has 1 unspecified atom stereocenters. The number of nitrogen functional groups attached to an aromatic ring is 2. The zero-order chi connectivity index (χ0) is 66.1. The van der Waals surface area contributed by atoms with Gasteiger partial charge < -0.3 is 75.6 Å². The third-order valence-corrected chi connectivity index (χ3v) is 17.7. The highest BCUT2D eigenvalue weighted by Crippen LogP contribution is 2.60. The first kappa shape index (κ1) is 68.3. The lowest BCUT2D eigenvalue weighted by Gasteiger charge is -2.37. The van der Waals surface area contributed by atoms with Crippen LogP contribution < -0.4 is 32.2 Å². The van der Waals surface area contributed by atoms with E-state index in [-0.39, 0.29) is 117 Å². The van der Waals surface area contributed by atoms with Crippen molar-refractivity contribution in [1.82, 2.24) is 45.9 Å². The molecule has 92 heavy (non-hydrogen) atoms. The summed E-state index contributed by atoms with van der Waals surface area (Å²) >= 11 is 0. The lowest BCUT2D eigenvalue weighted by atomic mass is 9.77. The van der Waals surface area contributed by atoms with Gasteiger partial charge in [0.25, 0.3) is 32.1 Å². The Hall–Kier alpha value is -8.06. The minimum Gasteiger partial charge on any atom is -0.453 e. The summed E-state index contributed by atoms with van der Waals surface area (Å²) in [6.07, 6.45) is 2.09. The van der Waals surface area contributed by atoms with Crippen molar-refractivity contribution >= 4 is 55.3 Å². The van der Waals surface area contributed by atoms with Gasteiger partial charge in [0, 0.05) is 79.7 Å². The van der Waals surface area contributed by atoms with E-state index >= 15 is 0 Å². The minimum absolute atomic E-state index is 0.00434. The summed E-state index contributed by atoms with van der Waals surface area (Å²) in [6, 6.07) is 17.9. The van der Waals surface area contributed by atoms with Crippen molar-refractivity contribution in [1.29, 1.82) is 0 Å². The van der Waals surface area contributed by atoms with Crippen molar-refractivity contribution in [2.75, 3.05) is 85.3 Å². The van der Waals surface area contributed by atoms with Crippen molar-refractivity contribution < 1.29 is 93.3 Å². The van der Waals surface area contributed by atoms with Gasteiger partial charge in [0.05, 0.1) is 109 Å². The third kappa shape index (κ3) is 16.0. The van der Waals surface area contributed by atoms with Crippen LogP contribution in [0.15, 0.2) is 95.0 Å². The van der Waals surface area contributed by atoms with Crippen LogP contribution in [0.1, 0.15) is 92.4 Å². The van der Waals surface area contributed by atoms with Crippen molar-refractivity contribution in [3.63, 3.8) is 0 Å². The summed E-state index contributed by atoms with van der Waals surface area (Å²) in [5.41, 5.74) is 10.2. The number of ether oxygens (including phenoxy) is 6. The number of amides is 3. The average molecular weight is 1320 g/mol. The first-order chi connectivity index (χ1) is 43.8. The Morgan fingerprint density at radius 3 is 2.07 bits per heavy atom. The number of likely N-dealkylation sites (N-methyl/N-ethyl adjacent to an activating group) is 1. The van der Waals surface area contributed by atoms with Crippen molar-refractivity contribution in [2.45, 2.75) is 110 Å². The molecule has 3 aliphatic heterocycles. The second kappa shape index (κ2) is 29.3. The zero-order valence-corrected chi connectivity index (χ0v) is 52.3. The monoisotopic (exact) mass is 1320 g/mol. The molecule has 496 valence electrons. The van der Waals surface area contributed by atoms with Crippen LogP contribution in [0.4, 0.5) is 11.4 Å². The number of fused-ring (bicyclic) bond motifs is 6. The number of rotatable bonds is 31. The number of quaternary nitrogens is 1. The number of benzene rings is 4. The van der Waals surface area contributed by atoms with E-state index in [1.54, 1.807) is 10.9 Å². The molecule has 6 aromatic rings. The molecule has 5 heterocycles. The van der Waals surface area contributed by atoms with E-state index in [4.69, 9.17) is 39.9 Å². The lowest BCUT2D eigenvalue weighted by Crippen LogP contribution is -2.54. The molecular weight excluding hydrogens is 1240 g/mol. The standard InChI is InChI=1S/C59H74N12O19S2/c1-71(2,3)46(56(77)63-29-37(35-9-5-4-6-10-35)34-87-58-48(74)28-47(73)49(33-72)88-58)11-7-8-21-69-31-38(65-67-69)13-19-50(75)62-20-23-85-25-26-86-24-22-70-32-39(66-68-70)30-64-55(76)36-12-14-41-40(27-36)57(78)90-59(41)42-15-17-44(60)53(91(79,80)81)51(42)89-52-43(59)16-18-45(61)54(52)92(82,83)84/h4-6,9-10,12,14-18,27,31-32,37,46-49,58,72-74H,7-8,11,13,19-26,28-30,33-34,60-61H2,1-3H3,(H4-,62,63,64,75,76,77,79,80,81,82,83,84)/p+1/t37?,46-,47-,48+,49+,58+/m0/s1. The smallest absolute Gasteiger partial charge is 0.340 e. The van der Waals surface area contributed by atoms with Gasteiger partial charge >= 0.3 is 5.97 Å². The quantitative estimate of drug-likeness (QED) is 0.00946. The molecule has 3 aliphatic rings. The van der Waals surface area contributed by atoms with Gasteiger partial charge in [-0.3, -0.25) is 28.2 Å². The van der Waals surface area contributed by atoms with Crippen LogP contribution >= 0.6 is 0 Å². The molecule has 9 rings (SSSR count). The molecule has 0 radical (unpaired) electrons. The van der Waals surface area contributed by atoms with Crippen LogP contribution in [0.3, 0.4) is 0 Å². The summed E-state index contributed by atoms with van der Waals surface area (Å²) < 4.78 is 109. The van der Waals surface area contributed by atoms with Crippen LogP contribution in [0.2, 0.25) is 0 Å². The SMILES string of the molecule is C[N+](C)(C)[C@@H](CCCCn1cc(CCC(=O)NCCOCCOCCn2cc(CNC(=O)c3ccc4c(c3)C(=O)OC43c4ccc(N)c(S(=O)(=O)O)c4Oc4c3ccc(N)c4S(=O)(=O)O)nn2)nn1)C(=O)NCC(CO[C@@H]1O[C@H](CO)[C@@H](O)C[C@H]1O)c1ccccc1. The summed E-state index contributed by atoms with van der Waals surface area (Å²) in [4.78, 5) is 51.6. The predicted octanol–water partition coefficient (Wildman–Crippen LogP) is 0.798. The fraction of sp³-hybridized carbons (Fsp3) is 0.458. The molecule has 12 N–H and O–H groups in total. The lowest BCUT2D eigenvalue weighted by molar-refractivity contribution is -0.886. The molecule has 0 saturated carbocycles. The highest BCUT2D eigenvalue weighted by molar-refractivity contribution is 7.86. The first-order valence-corrected chi connectivity index (χ1v) is 32.4. The highest BCUT2D eigenvalue weighted by atomic mass is 32.2. The molecule has 1 fully saturated rings. The number of hydrogen-bond acceptors (Lipinski definition) is 23. The molecule has 3 amide bonds. The normalized spacial score (nSPS) is 18.2. The van der Waals surface area contributed by atoms with Gasteiger partial charge in [-0.15, -0.1) is 10.2 Å². The predicted molar refractivity (Wildman–Crippen MR) is 324 cm³/mol. The van der Waals surface area contributed by atoms with Crippen LogP contribution in [-0.2, 0) is 85.2 Å². The van der Waals surface area contributed by atoms with Gasteiger partial charge in [0.1, 0.15) is 17.9 Å². The second-order valence-electron chi connectivity index (χ2n) is 23.2. The maximum Gasteiger partial charge on any atom is 0.340 e. The summed E-state index contributed by atoms with van der Waals surface area (Å²) in [7, 11) is -4.45. The summed E-state index contributed by atoms with van der Waals surface area (Å²) in [5.74, 6) is -3.61. The molecule has 0 aliphatic carbocycles. The van der Waals surface area contributed by atoms with Crippen molar-refractivity contribution in [3.8, 4) is 11.5 Å². The number of anilines is 2. The number of nitrogens with one attached hydrogen (secondary N) is 3. The van der Waals surface area contributed by atoms with Crippen LogP contribution in [0.5, 0.6) is 11.5 Å². The van der Waals surface area contributed by atoms with Crippen LogP contribution in [-0.4, -0.2) is 204 Å². The molecule has 6 atom stereocenters. The molecule has 4 aromatic carbocycles. The zero-order valence-electron chi connectivity index (χ0n) is 50.6. The fourth-order valence-corrected chi connectivity index (χ4v) is 12.7. The molecule has 1 saturated heterocycles. The Morgan fingerprint density at radius 1 is 0.783 bits per heavy atom. The van der Waals surface area contributed by atoms with Crippen molar-refractivity contribution in [3.05, 3.63) is 130 Å². The van der Waals surface area contributed by atoms with E-state index in [1.807, 2.05) is 57.7 Å². The minimum atomic E-state index is -5.19. The molecule has 1 spiro atoms. The number of nitrogens with zero attached hydrogens (tertiary/aromatic N) is 7. The Bertz CT molecular complexity index is 3780. The molecule has 31 nitrogen and oxygen atoms in total. The number of unbranched alkanes of at least 4 members (excludes halogenated alkanes) is 1.